The fourth-order valence-electron chi connectivity index (χ4n) is 3.30. The van der Waals surface area contributed by atoms with Gasteiger partial charge in [-0.15, -0.1) is 23.7 Å². The lowest BCUT2D eigenvalue weighted by atomic mass is 9.67. The molecular formula is C21H22O3S. The zero-order valence-electron chi connectivity index (χ0n) is 14.7. The van der Waals surface area contributed by atoms with E-state index in [1.807, 2.05) is 44.2 Å². The van der Waals surface area contributed by atoms with Crippen molar-refractivity contribution in [3.63, 3.8) is 0 Å². The third kappa shape index (κ3) is 3.52. The van der Waals surface area contributed by atoms with E-state index in [9.17, 15) is 14.7 Å². The number of rotatable bonds is 7. The Balaban J connectivity index is 2.70. The normalized spacial score (nSPS) is 13.2. The molecule has 1 aromatic heterocycles. The zero-order valence-corrected chi connectivity index (χ0v) is 15.5. The van der Waals surface area contributed by atoms with E-state index < -0.39 is 11.4 Å². The first kappa shape index (κ1) is 19.0. The molecule has 1 heterocycles. The Morgan fingerprint density at radius 3 is 2.40 bits per heavy atom. The van der Waals surface area contributed by atoms with E-state index in [1.165, 1.54) is 18.3 Å². The lowest BCUT2D eigenvalue weighted by Gasteiger charge is -2.34. The highest BCUT2D eigenvalue weighted by atomic mass is 32.1. The molecule has 0 saturated carbocycles. The quantitative estimate of drug-likeness (QED) is 0.594. The van der Waals surface area contributed by atoms with Gasteiger partial charge in [0.1, 0.15) is 5.41 Å². The number of carbonyl (C=O) groups is 2. The van der Waals surface area contributed by atoms with Gasteiger partial charge in [-0.05, 0) is 41.3 Å². The number of aliphatic carboxylic acids is 1. The number of thiophene rings is 1. The van der Waals surface area contributed by atoms with E-state index in [2.05, 4.69) is 5.92 Å². The van der Waals surface area contributed by atoms with Crippen LogP contribution in [0.1, 0.15) is 47.1 Å². The number of carboxylic acids is 1. The molecule has 0 aliphatic heterocycles. The van der Waals surface area contributed by atoms with Gasteiger partial charge in [-0.1, -0.05) is 44.2 Å². The van der Waals surface area contributed by atoms with E-state index in [0.29, 0.717) is 22.4 Å². The average Bonchev–Trinajstić information content (AvgIpc) is 2.97. The van der Waals surface area contributed by atoms with Crippen LogP contribution < -0.4 is 0 Å². The van der Waals surface area contributed by atoms with Crippen LogP contribution in [0.2, 0.25) is 0 Å². The largest absolute Gasteiger partial charge is 0.481 e. The van der Waals surface area contributed by atoms with Crippen LogP contribution in [0.4, 0.5) is 0 Å². The first-order valence-corrected chi connectivity index (χ1v) is 9.05. The van der Waals surface area contributed by atoms with Crippen molar-refractivity contribution in [2.24, 2.45) is 5.92 Å². The summed E-state index contributed by atoms with van der Waals surface area (Å²) in [6.07, 6.45) is 6.11. The highest BCUT2D eigenvalue weighted by Crippen LogP contribution is 2.42. The van der Waals surface area contributed by atoms with Crippen molar-refractivity contribution in [2.75, 3.05) is 0 Å². The van der Waals surface area contributed by atoms with Gasteiger partial charge in [-0.25, -0.2) is 0 Å². The van der Waals surface area contributed by atoms with Gasteiger partial charge in [-0.3, -0.25) is 9.59 Å². The summed E-state index contributed by atoms with van der Waals surface area (Å²) in [6.45, 7) is 5.30. The second-order valence-electron chi connectivity index (χ2n) is 6.49. The zero-order chi connectivity index (χ0) is 18.6. The van der Waals surface area contributed by atoms with Crippen molar-refractivity contribution in [3.8, 4) is 12.3 Å². The molecule has 1 atom stereocenters. The van der Waals surface area contributed by atoms with Gasteiger partial charge in [0.2, 0.25) is 0 Å². The predicted octanol–water partition coefficient (Wildman–Crippen LogP) is 4.35. The van der Waals surface area contributed by atoms with E-state index in [1.54, 1.807) is 5.38 Å². The van der Waals surface area contributed by atoms with Crippen LogP contribution in [0.15, 0.2) is 35.7 Å². The first-order valence-electron chi connectivity index (χ1n) is 8.17. The SMILES string of the molecule is C#CCc1c(C(Cc2ccccc2)(C(=O)O)C(C)C)csc1C(C)=O. The number of terminal acetylenes is 1. The molecule has 0 bridgehead atoms. The third-order valence-corrected chi connectivity index (χ3v) is 5.79. The van der Waals surface area contributed by atoms with Crippen LogP contribution in [0.5, 0.6) is 0 Å². The summed E-state index contributed by atoms with van der Waals surface area (Å²) in [5, 5.41) is 12.0. The molecule has 0 spiro atoms. The van der Waals surface area contributed by atoms with Gasteiger partial charge in [0, 0.05) is 6.42 Å². The van der Waals surface area contributed by atoms with Crippen LogP contribution in [-0.4, -0.2) is 16.9 Å². The second kappa shape index (κ2) is 7.67. The fraction of sp³-hybridized carbons (Fsp3) is 0.333. The summed E-state index contributed by atoms with van der Waals surface area (Å²) in [4.78, 5) is 25.0. The molecule has 0 saturated heterocycles. The summed E-state index contributed by atoms with van der Waals surface area (Å²) in [6, 6.07) is 9.57. The Hall–Kier alpha value is -2.38. The molecule has 0 fully saturated rings. The minimum Gasteiger partial charge on any atom is -0.481 e. The van der Waals surface area contributed by atoms with Gasteiger partial charge in [0.25, 0.3) is 0 Å². The van der Waals surface area contributed by atoms with Crippen LogP contribution >= 0.6 is 11.3 Å². The number of Topliss-reactive ketones (excluding diaryl/α,β-unsaturated/α-hetero) is 1. The van der Waals surface area contributed by atoms with Gasteiger partial charge < -0.3 is 5.11 Å². The number of carbonyl (C=O) groups excluding carboxylic acids is 1. The van der Waals surface area contributed by atoms with E-state index in [-0.39, 0.29) is 18.1 Å². The summed E-state index contributed by atoms with van der Waals surface area (Å²) in [7, 11) is 0. The molecule has 2 rings (SSSR count). The highest BCUT2D eigenvalue weighted by Gasteiger charge is 2.46. The number of carboxylic acid groups (broad SMARTS) is 1. The van der Waals surface area contributed by atoms with E-state index in [0.717, 1.165) is 5.56 Å². The molecule has 2 aromatic rings. The Morgan fingerprint density at radius 1 is 1.28 bits per heavy atom. The maximum Gasteiger partial charge on any atom is 0.314 e. The molecule has 25 heavy (non-hydrogen) atoms. The van der Waals surface area contributed by atoms with E-state index >= 15 is 0 Å². The van der Waals surface area contributed by atoms with Crippen LogP contribution in [0.25, 0.3) is 0 Å². The number of ketones is 1. The molecular weight excluding hydrogens is 332 g/mol. The smallest absolute Gasteiger partial charge is 0.314 e. The lowest BCUT2D eigenvalue weighted by Crippen LogP contribution is -2.43. The van der Waals surface area contributed by atoms with E-state index in [4.69, 9.17) is 6.42 Å². The first-order chi connectivity index (χ1) is 11.8. The molecule has 1 N–H and O–H groups in total. The van der Waals surface area contributed by atoms with Gasteiger partial charge in [-0.2, -0.15) is 0 Å². The van der Waals surface area contributed by atoms with Crippen LogP contribution in [0.3, 0.4) is 0 Å². The molecule has 4 heteroatoms. The molecule has 0 amide bonds. The van der Waals surface area contributed by atoms with Crippen molar-refractivity contribution < 1.29 is 14.7 Å². The Kier molecular flexibility index (Phi) is 5.81. The van der Waals surface area contributed by atoms with Crippen molar-refractivity contribution in [3.05, 3.63) is 57.3 Å². The Morgan fingerprint density at radius 2 is 1.92 bits per heavy atom. The number of hydrogen-bond donors (Lipinski definition) is 1. The lowest BCUT2D eigenvalue weighted by molar-refractivity contribution is -0.145. The highest BCUT2D eigenvalue weighted by molar-refractivity contribution is 7.12. The third-order valence-electron chi connectivity index (χ3n) is 4.67. The van der Waals surface area contributed by atoms with Crippen LogP contribution in [-0.2, 0) is 23.1 Å². The molecule has 0 radical (unpaired) electrons. The summed E-state index contributed by atoms with van der Waals surface area (Å²) < 4.78 is 0. The van der Waals surface area contributed by atoms with Gasteiger partial charge in [0.05, 0.1) is 4.88 Å². The Bertz CT molecular complexity index is 811. The van der Waals surface area contributed by atoms with Gasteiger partial charge in [0.15, 0.2) is 5.78 Å². The standard InChI is InChI=1S/C21H22O3S/c1-5-9-17-18(13-25-19(17)15(4)22)21(14(2)3,20(23)24)12-16-10-7-6-8-11-16/h1,6-8,10-11,13-14H,9,12H2,2-4H3,(H,23,24). The maximum atomic E-state index is 12.5. The summed E-state index contributed by atoms with van der Waals surface area (Å²) >= 11 is 1.29. The summed E-state index contributed by atoms with van der Waals surface area (Å²) in [5.41, 5.74) is 1.18. The maximum absolute atomic E-state index is 12.5. The van der Waals surface area contributed by atoms with Crippen molar-refractivity contribution in [1.82, 2.24) is 0 Å². The molecule has 3 nitrogen and oxygen atoms in total. The Labute approximate surface area is 152 Å². The molecule has 1 aromatic carbocycles. The summed E-state index contributed by atoms with van der Waals surface area (Å²) in [5.74, 6) is 1.44. The molecule has 0 aliphatic rings. The topological polar surface area (TPSA) is 54.4 Å². The van der Waals surface area contributed by atoms with Crippen molar-refractivity contribution in [2.45, 2.75) is 39.0 Å². The predicted molar refractivity (Wildman–Crippen MR) is 101 cm³/mol. The van der Waals surface area contributed by atoms with Crippen molar-refractivity contribution >= 4 is 23.1 Å². The van der Waals surface area contributed by atoms with Crippen LogP contribution in [0, 0.1) is 18.3 Å². The minimum atomic E-state index is -1.13. The second-order valence-corrected chi connectivity index (χ2v) is 7.37. The minimum absolute atomic E-state index is 0.0794. The fourth-order valence-corrected chi connectivity index (χ4v) is 4.37. The number of benzene rings is 1. The molecule has 130 valence electrons. The molecule has 1 unspecified atom stereocenters. The average molecular weight is 354 g/mol. The molecule has 0 aliphatic carbocycles. The monoisotopic (exact) mass is 354 g/mol. The van der Waals surface area contributed by atoms with Crippen molar-refractivity contribution in [1.29, 1.82) is 0 Å². The number of hydrogen-bond acceptors (Lipinski definition) is 3. The van der Waals surface area contributed by atoms with Gasteiger partial charge >= 0.3 is 5.97 Å².